The van der Waals surface area contributed by atoms with Gasteiger partial charge in [-0.25, -0.2) is 0 Å². The van der Waals surface area contributed by atoms with E-state index in [2.05, 4.69) is 19.2 Å². The van der Waals surface area contributed by atoms with Crippen molar-refractivity contribution < 1.29 is 0 Å². The molecule has 1 heterocycles. The summed E-state index contributed by atoms with van der Waals surface area (Å²) in [7, 11) is 0. The summed E-state index contributed by atoms with van der Waals surface area (Å²) in [6.07, 6.45) is 4.05. The van der Waals surface area contributed by atoms with Gasteiger partial charge in [-0.2, -0.15) is 0 Å². The molecule has 90 valence electrons. The van der Waals surface area contributed by atoms with E-state index in [4.69, 9.17) is 0 Å². The first-order chi connectivity index (χ1) is 7.67. The Hall–Kier alpha value is -1.09. The molecule has 0 bridgehead atoms. The van der Waals surface area contributed by atoms with Crippen LogP contribution in [0.3, 0.4) is 0 Å². The van der Waals surface area contributed by atoms with Crippen LogP contribution in [0.25, 0.3) is 0 Å². The summed E-state index contributed by atoms with van der Waals surface area (Å²) in [5.74, 6) is 0. The molecule has 0 aliphatic heterocycles. The minimum absolute atomic E-state index is 0.0942. The normalized spacial score (nSPS) is 12.7. The molecule has 1 aromatic heterocycles. The van der Waals surface area contributed by atoms with E-state index in [9.17, 15) is 4.79 Å². The van der Waals surface area contributed by atoms with E-state index in [0.717, 1.165) is 31.5 Å². The second-order valence-electron chi connectivity index (χ2n) is 4.25. The van der Waals surface area contributed by atoms with Crippen molar-refractivity contribution in [3.8, 4) is 0 Å². The molecule has 0 saturated carbocycles. The predicted octanol–water partition coefficient (Wildman–Crippen LogP) is 1.93. The van der Waals surface area contributed by atoms with Gasteiger partial charge in [-0.05, 0) is 37.9 Å². The first kappa shape index (κ1) is 13.0. The lowest BCUT2D eigenvalue weighted by atomic mass is 10.2. The summed E-state index contributed by atoms with van der Waals surface area (Å²) < 4.78 is 1.78. The van der Waals surface area contributed by atoms with Crippen molar-refractivity contribution in [2.24, 2.45) is 0 Å². The van der Waals surface area contributed by atoms with Gasteiger partial charge >= 0.3 is 0 Å². The molecule has 3 nitrogen and oxygen atoms in total. The van der Waals surface area contributed by atoms with Gasteiger partial charge in [0.15, 0.2) is 0 Å². The molecule has 1 unspecified atom stereocenters. The highest BCUT2D eigenvalue weighted by atomic mass is 16.1. The van der Waals surface area contributed by atoms with Gasteiger partial charge in [0.05, 0.1) is 0 Å². The zero-order valence-electron chi connectivity index (χ0n) is 10.5. The van der Waals surface area contributed by atoms with Crippen LogP contribution in [0.15, 0.2) is 23.1 Å². The number of pyridine rings is 1. The average molecular weight is 222 g/mol. The van der Waals surface area contributed by atoms with Gasteiger partial charge in [-0.1, -0.05) is 13.8 Å². The standard InChI is InChI=1S/C13H22N2O/c1-4-7-14-12(5-2)10-15-8-6-11(3)9-13(15)16/h6,8-9,12,14H,4-5,7,10H2,1-3H3. The molecule has 0 spiro atoms. The highest BCUT2D eigenvalue weighted by Gasteiger charge is 2.06. The molecule has 0 aliphatic rings. The maximum Gasteiger partial charge on any atom is 0.250 e. The maximum absolute atomic E-state index is 11.7. The molecule has 0 aromatic carbocycles. The molecule has 0 saturated heterocycles. The van der Waals surface area contributed by atoms with E-state index in [0.29, 0.717) is 6.04 Å². The van der Waals surface area contributed by atoms with E-state index >= 15 is 0 Å². The van der Waals surface area contributed by atoms with Crippen LogP contribution in [0, 0.1) is 6.92 Å². The first-order valence-electron chi connectivity index (χ1n) is 6.07. The fraction of sp³-hybridized carbons (Fsp3) is 0.615. The predicted molar refractivity (Wildman–Crippen MR) is 67.8 cm³/mol. The molecule has 16 heavy (non-hydrogen) atoms. The van der Waals surface area contributed by atoms with Crippen LogP contribution in [0.1, 0.15) is 32.3 Å². The van der Waals surface area contributed by atoms with E-state index in [-0.39, 0.29) is 5.56 Å². The van der Waals surface area contributed by atoms with Crippen molar-refractivity contribution in [3.05, 3.63) is 34.2 Å². The number of nitrogens with one attached hydrogen (secondary N) is 1. The Morgan fingerprint density at radius 3 is 2.75 bits per heavy atom. The molecule has 0 radical (unpaired) electrons. The molecular weight excluding hydrogens is 200 g/mol. The molecule has 0 fully saturated rings. The van der Waals surface area contributed by atoms with E-state index in [1.54, 1.807) is 10.6 Å². The maximum atomic E-state index is 11.7. The Morgan fingerprint density at radius 1 is 1.44 bits per heavy atom. The number of aryl methyl sites for hydroxylation is 1. The summed E-state index contributed by atoms with van der Waals surface area (Å²) in [6, 6.07) is 4.06. The third-order valence-corrected chi connectivity index (χ3v) is 2.74. The summed E-state index contributed by atoms with van der Waals surface area (Å²) in [5, 5.41) is 3.45. The summed E-state index contributed by atoms with van der Waals surface area (Å²) >= 11 is 0. The van der Waals surface area contributed by atoms with Crippen LogP contribution in [0.4, 0.5) is 0 Å². The van der Waals surface area contributed by atoms with Crippen molar-refractivity contribution in [1.29, 1.82) is 0 Å². The molecule has 3 heteroatoms. The highest BCUT2D eigenvalue weighted by Crippen LogP contribution is 1.97. The molecule has 1 aromatic rings. The Morgan fingerprint density at radius 2 is 2.19 bits per heavy atom. The van der Waals surface area contributed by atoms with Crippen LogP contribution in [-0.2, 0) is 6.54 Å². The minimum Gasteiger partial charge on any atom is -0.314 e. The molecular formula is C13H22N2O. The van der Waals surface area contributed by atoms with Crippen molar-refractivity contribution in [2.45, 2.75) is 46.2 Å². The van der Waals surface area contributed by atoms with Crippen LogP contribution < -0.4 is 10.9 Å². The second kappa shape index (κ2) is 6.48. The molecule has 1 atom stereocenters. The number of hydrogen-bond donors (Lipinski definition) is 1. The quantitative estimate of drug-likeness (QED) is 0.798. The highest BCUT2D eigenvalue weighted by molar-refractivity contribution is 5.08. The third kappa shape index (κ3) is 3.81. The second-order valence-corrected chi connectivity index (χ2v) is 4.25. The van der Waals surface area contributed by atoms with Crippen LogP contribution in [-0.4, -0.2) is 17.2 Å². The van der Waals surface area contributed by atoms with Crippen LogP contribution in [0.2, 0.25) is 0 Å². The topological polar surface area (TPSA) is 34.0 Å². The van der Waals surface area contributed by atoms with Crippen LogP contribution in [0.5, 0.6) is 0 Å². The van der Waals surface area contributed by atoms with E-state index < -0.39 is 0 Å². The SMILES string of the molecule is CCCNC(CC)Cn1ccc(C)cc1=O. The third-order valence-electron chi connectivity index (χ3n) is 2.74. The van der Waals surface area contributed by atoms with Gasteiger partial charge in [-0.3, -0.25) is 4.79 Å². The summed E-state index contributed by atoms with van der Waals surface area (Å²) in [5.41, 5.74) is 1.12. The molecule has 0 amide bonds. The molecule has 0 aliphatic carbocycles. The zero-order valence-corrected chi connectivity index (χ0v) is 10.5. The van der Waals surface area contributed by atoms with Crippen LogP contribution >= 0.6 is 0 Å². The Kier molecular flexibility index (Phi) is 5.26. The monoisotopic (exact) mass is 222 g/mol. The van der Waals surface area contributed by atoms with Crippen molar-refractivity contribution in [2.75, 3.05) is 6.54 Å². The Labute approximate surface area is 97.5 Å². The smallest absolute Gasteiger partial charge is 0.250 e. The van der Waals surface area contributed by atoms with Gasteiger partial charge in [0.1, 0.15) is 0 Å². The minimum atomic E-state index is 0.0942. The number of rotatable bonds is 6. The first-order valence-corrected chi connectivity index (χ1v) is 6.07. The van der Waals surface area contributed by atoms with Crippen molar-refractivity contribution in [1.82, 2.24) is 9.88 Å². The van der Waals surface area contributed by atoms with Gasteiger partial charge in [0.25, 0.3) is 5.56 Å². The van der Waals surface area contributed by atoms with E-state index in [1.165, 1.54) is 0 Å². The van der Waals surface area contributed by atoms with Gasteiger partial charge in [0.2, 0.25) is 0 Å². The van der Waals surface area contributed by atoms with Crippen molar-refractivity contribution in [3.63, 3.8) is 0 Å². The van der Waals surface area contributed by atoms with E-state index in [1.807, 2.05) is 19.2 Å². The Bertz CT molecular complexity index is 370. The lowest BCUT2D eigenvalue weighted by Gasteiger charge is -2.17. The largest absolute Gasteiger partial charge is 0.314 e. The zero-order chi connectivity index (χ0) is 12.0. The number of hydrogen-bond acceptors (Lipinski definition) is 2. The number of nitrogens with zero attached hydrogens (tertiary/aromatic N) is 1. The van der Waals surface area contributed by atoms with Gasteiger partial charge < -0.3 is 9.88 Å². The average Bonchev–Trinajstić information content (AvgIpc) is 2.27. The van der Waals surface area contributed by atoms with Gasteiger partial charge in [0, 0.05) is 24.8 Å². The number of aromatic nitrogens is 1. The molecule has 1 rings (SSSR count). The summed E-state index contributed by atoms with van der Waals surface area (Å²) in [4.78, 5) is 11.7. The molecule has 1 N–H and O–H groups in total. The fourth-order valence-electron chi connectivity index (χ4n) is 1.68. The van der Waals surface area contributed by atoms with Gasteiger partial charge in [-0.15, -0.1) is 0 Å². The fourth-order valence-corrected chi connectivity index (χ4v) is 1.68. The summed E-state index contributed by atoms with van der Waals surface area (Å²) in [6.45, 7) is 8.01. The Balaban J connectivity index is 2.66. The lowest BCUT2D eigenvalue weighted by molar-refractivity contribution is 0.431. The van der Waals surface area contributed by atoms with Crippen molar-refractivity contribution >= 4 is 0 Å². The lowest BCUT2D eigenvalue weighted by Crippen LogP contribution is -2.36.